The van der Waals surface area contributed by atoms with E-state index in [1.165, 1.54) is 12.4 Å². The Morgan fingerprint density at radius 2 is 2.00 bits per heavy atom. The molecule has 0 aliphatic heterocycles. The number of halogens is 1. The molecule has 1 rings (SSSR count). The highest BCUT2D eigenvalue weighted by molar-refractivity contribution is 5.96. The maximum atomic E-state index is 10.9. The number of carbonyl (C=O) groups excluding carboxylic acids is 1. The molecule has 1 heterocycles. The lowest BCUT2D eigenvalue weighted by molar-refractivity contribution is 0.100. The maximum Gasteiger partial charge on any atom is 0.179 e. The van der Waals surface area contributed by atoms with Crippen LogP contribution in [0.4, 0.5) is 0 Å². The Balaban J connectivity index is 0.00000121. The van der Waals surface area contributed by atoms with Crippen molar-refractivity contribution in [2.75, 3.05) is 6.54 Å². The molecule has 1 aromatic rings. The van der Waals surface area contributed by atoms with Crippen molar-refractivity contribution in [3.05, 3.63) is 23.8 Å². The van der Waals surface area contributed by atoms with Crippen molar-refractivity contribution in [2.45, 2.75) is 6.92 Å². The van der Waals surface area contributed by atoms with Gasteiger partial charge in [0, 0.05) is 12.4 Å². The van der Waals surface area contributed by atoms with E-state index in [0.717, 1.165) is 0 Å². The van der Waals surface area contributed by atoms with Crippen LogP contribution < -0.4 is 5.73 Å². The average Bonchev–Trinajstić information content (AvgIpc) is 2.05. The molecule has 4 nitrogen and oxygen atoms in total. The van der Waals surface area contributed by atoms with E-state index in [9.17, 15) is 4.79 Å². The minimum Gasteiger partial charge on any atom is -0.324 e. The van der Waals surface area contributed by atoms with Crippen molar-refractivity contribution in [3.63, 3.8) is 0 Å². The third-order valence-electron chi connectivity index (χ3n) is 1.29. The van der Waals surface area contributed by atoms with E-state index in [1.807, 2.05) is 0 Å². The normalized spacial score (nSPS) is 8.83. The van der Waals surface area contributed by atoms with Gasteiger partial charge in [-0.1, -0.05) is 0 Å². The Labute approximate surface area is 76.6 Å². The smallest absolute Gasteiger partial charge is 0.179 e. The van der Waals surface area contributed by atoms with E-state index in [-0.39, 0.29) is 24.7 Å². The molecule has 5 heteroatoms. The lowest BCUT2D eigenvalue weighted by Crippen LogP contribution is -2.14. The van der Waals surface area contributed by atoms with E-state index in [4.69, 9.17) is 5.73 Å². The molecule has 66 valence electrons. The summed E-state index contributed by atoms with van der Waals surface area (Å²) in [6.45, 7) is 1.77. The van der Waals surface area contributed by atoms with E-state index in [0.29, 0.717) is 11.4 Å². The standard InChI is InChI=1S/C7H9N3O.ClH/c1-5-9-3-6(4-10-5)7(11)2-8;/h3-4H,2,8H2,1H3;1H. The Bertz CT molecular complexity index is 260. The fourth-order valence-electron chi connectivity index (χ4n) is 0.654. The van der Waals surface area contributed by atoms with Crippen LogP contribution in [0.5, 0.6) is 0 Å². The van der Waals surface area contributed by atoms with Gasteiger partial charge in [0.1, 0.15) is 5.82 Å². The van der Waals surface area contributed by atoms with Crippen LogP contribution >= 0.6 is 12.4 Å². The van der Waals surface area contributed by atoms with Gasteiger partial charge in [-0.15, -0.1) is 12.4 Å². The van der Waals surface area contributed by atoms with Crippen LogP contribution in [0.1, 0.15) is 16.2 Å². The number of hydrogen-bond donors (Lipinski definition) is 1. The molecule has 2 N–H and O–H groups in total. The third-order valence-corrected chi connectivity index (χ3v) is 1.29. The molecule has 0 radical (unpaired) electrons. The fraction of sp³-hybridized carbons (Fsp3) is 0.286. The highest BCUT2D eigenvalue weighted by Gasteiger charge is 2.02. The van der Waals surface area contributed by atoms with Crippen LogP contribution in [0.2, 0.25) is 0 Å². The predicted octanol–water partition coefficient (Wildman–Crippen LogP) is 0.348. The van der Waals surface area contributed by atoms with E-state index >= 15 is 0 Å². The van der Waals surface area contributed by atoms with Crippen molar-refractivity contribution in [1.82, 2.24) is 9.97 Å². The minimum atomic E-state index is -0.134. The number of nitrogens with two attached hydrogens (primary N) is 1. The van der Waals surface area contributed by atoms with E-state index in [2.05, 4.69) is 9.97 Å². The molecular formula is C7H10ClN3O. The highest BCUT2D eigenvalue weighted by atomic mass is 35.5. The van der Waals surface area contributed by atoms with Crippen molar-refractivity contribution >= 4 is 18.2 Å². The molecule has 0 saturated heterocycles. The number of aryl methyl sites for hydroxylation is 1. The lowest BCUT2D eigenvalue weighted by Gasteiger charge is -1.95. The van der Waals surface area contributed by atoms with Crippen LogP contribution in [-0.2, 0) is 0 Å². The van der Waals surface area contributed by atoms with Gasteiger partial charge >= 0.3 is 0 Å². The number of Topliss-reactive ketones (excluding diaryl/α,β-unsaturated/α-hetero) is 1. The van der Waals surface area contributed by atoms with Crippen LogP contribution in [0.3, 0.4) is 0 Å². The second-order valence-electron chi connectivity index (χ2n) is 2.15. The topological polar surface area (TPSA) is 68.9 Å². The summed E-state index contributed by atoms with van der Waals surface area (Å²) in [7, 11) is 0. The summed E-state index contributed by atoms with van der Waals surface area (Å²) < 4.78 is 0. The van der Waals surface area contributed by atoms with Crippen molar-refractivity contribution in [2.24, 2.45) is 5.73 Å². The Morgan fingerprint density at radius 1 is 1.50 bits per heavy atom. The zero-order valence-corrected chi connectivity index (χ0v) is 7.47. The summed E-state index contributed by atoms with van der Waals surface area (Å²) in [4.78, 5) is 18.6. The first-order chi connectivity index (χ1) is 5.24. The molecule has 0 unspecified atom stereocenters. The Kier molecular flexibility index (Phi) is 4.39. The number of carbonyl (C=O) groups is 1. The molecule has 0 atom stereocenters. The number of aromatic nitrogens is 2. The largest absolute Gasteiger partial charge is 0.324 e. The average molecular weight is 188 g/mol. The first-order valence-corrected chi connectivity index (χ1v) is 3.26. The molecule has 0 bridgehead atoms. The van der Waals surface area contributed by atoms with Crippen LogP contribution in [0.15, 0.2) is 12.4 Å². The van der Waals surface area contributed by atoms with Gasteiger partial charge in [0.05, 0.1) is 12.1 Å². The second kappa shape index (κ2) is 4.79. The summed E-state index contributed by atoms with van der Waals surface area (Å²) in [6, 6.07) is 0. The third kappa shape index (κ3) is 2.56. The Hall–Kier alpha value is -1.00. The molecule has 0 spiro atoms. The molecule has 0 amide bonds. The highest BCUT2D eigenvalue weighted by Crippen LogP contribution is 1.95. The molecular weight excluding hydrogens is 178 g/mol. The number of nitrogens with zero attached hydrogens (tertiary/aromatic N) is 2. The predicted molar refractivity (Wildman–Crippen MR) is 47.4 cm³/mol. The molecule has 12 heavy (non-hydrogen) atoms. The monoisotopic (exact) mass is 187 g/mol. The van der Waals surface area contributed by atoms with Gasteiger partial charge < -0.3 is 5.73 Å². The number of ketones is 1. The molecule has 1 aromatic heterocycles. The molecule has 0 aliphatic rings. The van der Waals surface area contributed by atoms with Crippen LogP contribution in [0, 0.1) is 6.92 Å². The molecule has 0 fully saturated rings. The zero-order valence-electron chi connectivity index (χ0n) is 6.65. The summed E-state index contributed by atoms with van der Waals surface area (Å²) in [5.74, 6) is 0.517. The van der Waals surface area contributed by atoms with Gasteiger partial charge in [-0.25, -0.2) is 9.97 Å². The van der Waals surface area contributed by atoms with Crippen molar-refractivity contribution in [3.8, 4) is 0 Å². The Morgan fingerprint density at radius 3 is 2.42 bits per heavy atom. The summed E-state index contributed by atoms with van der Waals surface area (Å²) in [6.07, 6.45) is 2.97. The minimum absolute atomic E-state index is 0. The van der Waals surface area contributed by atoms with Crippen LogP contribution in [0.25, 0.3) is 0 Å². The summed E-state index contributed by atoms with van der Waals surface area (Å²) in [5, 5.41) is 0. The summed E-state index contributed by atoms with van der Waals surface area (Å²) in [5.41, 5.74) is 5.61. The lowest BCUT2D eigenvalue weighted by atomic mass is 10.2. The zero-order chi connectivity index (χ0) is 8.27. The van der Waals surface area contributed by atoms with E-state index < -0.39 is 0 Å². The second-order valence-corrected chi connectivity index (χ2v) is 2.15. The first-order valence-electron chi connectivity index (χ1n) is 3.26. The quantitative estimate of drug-likeness (QED) is 0.679. The van der Waals surface area contributed by atoms with Crippen molar-refractivity contribution < 1.29 is 4.79 Å². The number of rotatable bonds is 2. The van der Waals surface area contributed by atoms with Gasteiger partial charge in [-0.05, 0) is 6.92 Å². The van der Waals surface area contributed by atoms with Gasteiger partial charge in [0.2, 0.25) is 0 Å². The van der Waals surface area contributed by atoms with Gasteiger partial charge in [-0.3, -0.25) is 4.79 Å². The molecule has 0 aliphatic carbocycles. The van der Waals surface area contributed by atoms with Gasteiger partial charge in [0.25, 0.3) is 0 Å². The van der Waals surface area contributed by atoms with Gasteiger partial charge in [-0.2, -0.15) is 0 Å². The first kappa shape index (κ1) is 11.0. The van der Waals surface area contributed by atoms with Crippen molar-refractivity contribution in [1.29, 1.82) is 0 Å². The van der Waals surface area contributed by atoms with Crippen LogP contribution in [-0.4, -0.2) is 22.3 Å². The maximum absolute atomic E-state index is 10.9. The SMILES string of the molecule is Cc1ncc(C(=O)CN)cn1.Cl. The van der Waals surface area contributed by atoms with Gasteiger partial charge in [0.15, 0.2) is 5.78 Å². The summed E-state index contributed by atoms with van der Waals surface area (Å²) >= 11 is 0. The van der Waals surface area contributed by atoms with E-state index in [1.54, 1.807) is 6.92 Å². The molecule has 0 aromatic carbocycles. The molecule has 0 saturated carbocycles. The fourth-order valence-corrected chi connectivity index (χ4v) is 0.654. The number of hydrogen-bond acceptors (Lipinski definition) is 4.